The largest absolute Gasteiger partial charge is 0.352 e. The van der Waals surface area contributed by atoms with Gasteiger partial charge in [0.05, 0.1) is 11.6 Å². The molecule has 0 amide bonds. The molecule has 0 atom stereocenters. The van der Waals surface area contributed by atoms with Gasteiger partial charge >= 0.3 is 0 Å². The van der Waals surface area contributed by atoms with Crippen molar-refractivity contribution < 1.29 is 0 Å². The van der Waals surface area contributed by atoms with Gasteiger partial charge in [-0.3, -0.25) is 4.99 Å². The van der Waals surface area contributed by atoms with E-state index in [0.717, 1.165) is 18.1 Å². The Bertz CT molecular complexity index is 681. The van der Waals surface area contributed by atoms with Crippen molar-refractivity contribution in [2.24, 2.45) is 4.99 Å². The highest BCUT2D eigenvalue weighted by atomic mass is 15.2. The predicted molar refractivity (Wildman–Crippen MR) is 89.4 cm³/mol. The smallest absolute Gasteiger partial charge is 0.191 e. The van der Waals surface area contributed by atoms with Crippen LogP contribution in [0.3, 0.4) is 0 Å². The molecule has 0 fully saturated rings. The number of nitrogens with one attached hydrogen (secondary N) is 2. The highest BCUT2D eigenvalue weighted by Gasteiger charge is 2.00. The molecule has 0 aliphatic heterocycles. The third-order valence-corrected chi connectivity index (χ3v) is 3.31. The van der Waals surface area contributed by atoms with Gasteiger partial charge in [-0.25, -0.2) is 0 Å². The number of aliphatic imine (C=N–C) groups is 1. The van der Waals surface area contributed by atoms with E-state index < -0.39 is 0 Å². The van der Waals surface area contributed by atoms with Gasteiger partial charge in [-0.1, -0.05) is 42.0 Å². The maximum absolute atomic E-state index is 8.79. The zero-order chi connectivity index (χ0) is 15.8. The number of guanidine groups is 1. The van der Waals surface area contributed by atoms with Crippen LogP contribution in [0.4, 0.5) is 0 Å². The average molecular weight is 292 g/mol. The monoisotopic (exact) mass is 292 g/mol. The van der Waals surface area contributed by atoms with Crippen LogP contribution in [0.25, 0.3) is 0 Å². The zero-order valence-corrected chi connectivity index (χ0v) is 12.9. The van der Waals surface area contributed by atoms with Gasteiger partial charge in [0.15, 0.2) is 5.96 Å². The van der Waals surface area contributed by atoms with E-state index in [0.29, 0.717) is 12.1 Å². The first-order valence-electron chi connectivity index (χ1n) is 7.20. The summed E-state index contributed by atoms with van der Waals surface area (Å²) in [7, 11) is 1.75. The lowest BCUT2D eigenvalue weighted by Crippen LogP contribution is -2.36. The first-order chi connectivity index (χ1) is 10.7. The Balaban J connectivity index is 1.86. The van der Waals surface area contributed by atoms with Crippen molar-refractivity contribution in [2.45, 2.75) is 20.0 Å². The van der Waals surface area contributed by atoms with Gasteiger partial charge in [-0.05, 0) is 30.2 Å². The molecular weight excluding hydrogens is 272 g/mol. The molecule has 0 unspecified atom stereocenters. The zero-order valence-electron chi connectivity index (χ0n) is 12.9. The Kier molecular flexibility index (Phi) is 5.56. The summed E-state index contributed by atoms with van der Waals surface area (Å²) in [6.07, 6.45) is 0. The summed E-state index contributed by atoms with van der Waals surface area (Å²) in [6, 6.07) is 18.0. The van der Waals surface area contributed by atoms with Crippen molar-refractivity contribution in [3.8, 4) is 6.07 Å². The van der Waals surface area contributed by atoms with Gasteiger partial charge in [0.2, 0.25) is 0 Å². The van der Waals surface area contributed by atoms with Crippen LogP contribution in [-0.2, 0) is 13.1 Å². The Hall–Kier alpha value is -2.80. The molecule has 0 spiro atoms. The van der Waals surface area contributed by atoms with E-state index in [9.17, 15) is 0 Å². The number of nitriles is 1. The van der Waals surface area contributed by atoms with Crippen LogP contribution in [-0.4, -0.2) is 13.0 Å². The number of hydrogen-bond donors (Lipinski definition) is 2. The molecule has 0 bridgehead atoms. The second-order valence-corrected chi connectivity index (χ2v) is 5.08. The van der Waals surface area contributed by atoms with Gasteiger partial charge in [-0.2, -0.15) is 5.26 Å². The number of nitrogens with zero attached hydrogens (tertiary/aromatic N) is 2. The van der Waals surface area contributed by atoms with Gasteiger partial charge in [0.1, 0.15) is 0 Å². The van der Waals surface area contributed by atoms with Crippen LogP contribution < -0.4 is 10.6 Å². The molecular formula is C18H20N4. The summed E-state index contributed by atoms with van der Waals surface area (Å²) >= 11 is 0. The summed E-state index contributed by atoms with van der Waals surface area (Å²) in [5.74, 6) is 0.755. The van der Waals surface area contributed by atoms with Crippen LogP contribution in [0, 0.1) is 18.3 Å². The second-order valence-electron chi connectivity index (χ2n) is 5.08. The van der Waals surface area contributed by atoms with Crippen LogP contribution in [0.2, 0.25) is 0 Å². The molecule has 0 aliphatic rings. The van der Waals surface area contributed by atoms with Crippen LogP contribution in [0.5, 0.6) is 0 Å². The van der Waals surface area contributed by atoms with Crippen molar-refractivity contribution in [2.75, 3.05) is 7.05 Å². The third kappa shape index (κ3) is 4.64. The molecule has 22 heavy (non-hydrogen) atoms. The van der Waals surface area contributed by atoms with Gasteiger partial charge < -0.3 is 10.6 Å². The van der Waals surface area contributed by atoms with E-state index in [1.54, 1.807) is 7.05 Å². The normalized spacial score (nSPS) is 10.9. The molecule has 0 aliphatic carbocycles. The van der Waals surface area contributed by atoms with Crippen molar-refractivity contribution in [3.63, 3.8) is 0 Å². The number of hydrogen-bond acceptors (Lipinski definition) is 2. The van der Waals surface area contributed by atoms with E-state index in [1.165, 1.54) is 11.1 Å². The molecule has 0 radical (unpaired) electrons. The second kappa shape index (κ2) is 7.84. The fraction of sp³-hybridized carbons (Fsp3) is 0.222. The lowest BCUT2D eigenvalue weighted by molar-refractivity contribution is 0.808. The molecule has 2 aromatic rings. The average Bonchev–Trinajstić information content (AvgIpc) is 2.55. The van der Waals surface area contributed by atoms with Crippen LogP contribution >= 0.6 is 0 Å². The number of benzene rings is 2. The van der Waals surface area contributed by atoms with Gasteiger partial charge in [0.25, 0.3) is 0 Å². The van der Waals surface area contributed by atoms with Gasteiger partial charge in [0, 0.05) is 20.1 Å². The Morgan fingerprint density at radius 1 is 1.05 bits per heavy atom. The molecule has 4 nitrogen and oxygen atoms in total. The highest BCUT2D eigenvalue weighted by Crippen LogP contribution is 2.04. The SMILES string of the molecule is CN=C(NCc1ccc(C#N)cc1)NCc1cccc(C)c1. The minimum atomic E-state index is 0.666. The molecule has 2 aromatic carbocycles. The predicted octanol–water partition coefficient (Wildman–Crippen LogP) is 2.73. The molecule has 0 saturated heterocycles. The maximum Gasteiger partial charge on any atom is 0.191 e. The number of aryl methyl sites for hydroxylation is 1. The maximum atomic E-state index is 8.79. The molecule has 2 rings (SSSR count). The fourth-order valence-corrected chi connectivity index (χ4v) is 2.11. The minimum absolute atomic E-state index is 0.666. The van der Waals surface area contributed by atoms with Crippen molar-refractivity contribution >= 4 is 5.96 Å². The summed E-state index contributed by atoms with van der Waals surface area (Å²) < 4.78 is 0. The molecule has 4 heteroatoms. The minimum Gasteiger partial charge on any atom is -0.352 e. The lowest BCUT2D eigenvalue weighted by Gasteiger charge is -2.12. The Morgan fingerprint density at radius 3 is 2.32 bits per heavy atom. The summed E-state index contributed by atoms with van der Waals surface area (Å²) in [5.41, 5.74) is 4.25. The molecule has 0 aromatic heterocycles. The van der Waals surface area contributed by atoms with E-state index in [-0.39, 0.29) is 0 Å². The Labute approximate surface area is 131 Å². The van der Waals surface area contributed by atoms with E-state index in [1.807, 2.05) is 24.3 Å². The summed E-state index contributed by atoms with van der Waals surface area (Å²) in [5, 5.41) is 15.3. The molecule has 0 saturated carbocycles. The number of rotatable bonds is 4. The molecule has 2 N–H and O–H groups in total. The van der Waals surface area contributed by atoms with Crippen molar-refractivity contribution in [1.29, 1.82) is 5.26 Å². The summed E-state index contributed by atoms with van der Waals surface area (Å²) in [6.45, 7) is 3.48. The quantitative estimate of drug-likeness (QED) is 0.673. The molecule has 112 valence electrons. The van der Waals surface area contributed by atoms with E-state index >= 15 is 0 Å². The Morgan fingerprint density at radius 2 is 1.73 bits per heavy atom. The first-order valence-corrected chi connectivity index (χ1v) is 7.20. The van der Waals surface area contributed by atoms with Crippen molar-refractivity contribution in [3.05, 3.63) is 70.8 Å². The topological polar surface area (TPSA) is 60.2 Å². The van der Waals surface area contributed by atoms with Crippen molar-refractivity contribution in [1.82, 2.24) is 10.6 Å². The summed E-state index contributed by atoms with van der Waals surface area (Å²) in [4.78, 5) is 4.22. The van der Waals surface area contributed by atoms with Gasteiger partial charge in [-0.15, -0.1) is 0 Å². The van der Waals surface area contributed by atoms with E-state index in [4.69, 9.17) is 5.26 Å². The third-order valence-electron chi connectivity index (χ3n) is 3.31. The van der Waals surface area contributed by atoms with Crippen LogP contribution in [0.15, 0.2) is 53.5 Å². The van der Waals surface area contributed by atoms with E-state index in [2.05, 4.69) is 52.9 Å². The fourth-order valence-electron chi connectivity index (χ4n) is 2.11. The first kappa shape index (κ1) is 15.6. The highest BCUT2D eigenvalue weighted by molar-refractivity contribution is 5.79. The standard InChI is InChI=1S/C18H20N4/c1-14-4-3-5-17(10-14)13-22-18(20-2)21-12-16-8-6-15(11-19)7-9-16/h3-10H,12-13H2,1-2H3,(H2,20,21,22). The lowest BCUT2D eigenvalue weighted by atomic mass is 10.1. The molecule has 0 heterocycles. The van der Waals surface area contributed by atoms with Crippen LogP contribution in [0.1, 0.15) is 22.3 Å².